The van der Waals surface area contributed by atoms with Gasteiger partial charge in [0.1, 0.15) is 4.90 Å². The number of likely N-dealkylation sites (tertiary alicyclic amines) is 1. The van der Waals surface area contributed by atoms with Crippen LogP contribution in [0, 0.1) is 5.92 Å². The van der Waals surface area contributed by atoms with Crippen molar-refractivity contribution in [2.24, 2.45) is 10.3 Å². The van der Waals surface area contributed by atoms with Crippen LogP contribution >= 0.6 is 0 Å². The van der Waals surface area contributed by atoms with Gasteiger partial charge in [0, 0.05) is 41.3 Å². The van der Waals surface area contributed by atoms with E-state index in [0.717, 1.165) is 10.9 Å². The molecule has 8 nitrogen and oxygen atoms in total. The highest BCUT2D eigenvalue weighted by Gasteiger charge is 2.36. The van der Waals surface area contributed by atoms with E-state index in [1.54, 1.807) is 31.3 Å². The lowest BCUT2D eigenvalue weighted by atomic mass is 9.97. The molecule has 2 aliphatic rings. The standard InChI is InChI=1S/C24H23N3O5S/c1-15(22(28)19-13-25-20-10-4-2-8-17(19)20)32-24(29)16-7-6-12-27(14-16)23-18-9-3-5-11-21(18)33(30,31)26-23/h2-5,8-11,13,15-16,25H,6-7,12,14H2,1H3/t15-,16+/m0/s1. The van der Waals surface area contributed by atoms with Crippen LogP contribution in [0.15, 0.2) is 64.0 Å². The predicted octanol–water partition coefficient (Wildman–Crippen LogP) is 3.14. The lowest BCUT2D eigenvalue weighted by molar-refractivity contribution is -0.152. The Morgan fingerprint density at radius 3 is 2.76 bits per heavy atom. The van der Waals surface area contributed by atoms with E-state index in [-0.39, 0.29) is 17.2 Å². The van der Waals surface area contributed by atoms with Crippen molar-refractivity contribution >= 4 is 38.5 Å². The summed E-state index contributed by atoms with van der Waals surface area (Å²) in [6.45, 7) is 2.46. The van der Waals surface area contributed by atoms with Crippen molar-refractivity contribution in [1.29, 1.82) is 0 Å². The van der Waals surface area contributed by atoms with Crippen molar-refractivity contribution in [3.63, 3.8) is 0 Å². The van der Waals surface area contributed by atoms with Gasteiger partial charge in [-0.2, -0.15) is 8.42 Å². The quantitative estimate of drug-likeness (QED) is 0.468. The molecule has 170 valence electrons. The maximum atomic E-state index is 12.9. The van der Waals surface area contributed by atoms with Gasteiger partial charge in [-0.05, 0) is 38.0 Å². The van der Waals surface area contributed by atoms with E-state index in [1.165, 1.54) is 6.07 Å². The van der Waals surface area contributed by atoms with Crippen molar-refractivity contribution in [3.8, 4) is 0 Å². The molecule has 1 N–H and O–H groups in total. The molecule has 0 unspecified atom stereocenters. The Hall–Kier alpha value is -3.46. The average molecular weight is 466 g/mol. The first-order valence-corrected chi connectivity index (χ1v) is 12.3. The summed E-state index contributed by atoms with van der Waals surface area (Å²) < 4.78 is 34.3. The summed E-state index contributed by atoms with van der Waals surface area (Å²) in [5, 5.41) is 0.786. The molecule has 0 amide bonds. The highest BCUT2D eigenvalue weighted by Crippen LogP contribution is 2.30. The minimum Gasteiger partial charge on any atom is -0.454 e. The number of para-hydroxylation sites is 1. The molecular formula is C24H23N3O5S. The number of fused-ring (bicyclic) bond motifs is 2. The number of Topliss-reactive ketones (excluding diaryl/α,β-unsaturated/α-hetero) is 1. The van der Waals surface area contributed by atoms with Crippen LogP contribution in [0.2, 0.25) is 0 Å². The van der Waals surface area contributed by atoms with Gasteiger partial charge in [-0.25, -0.2) is 0 Å². The van der Waals surface area contributed by atoms with Gasteiger partial charge in [0.2, 0.25) is 5.78 Å². The van der Waals surface area contributed by atoms with Crippen LogP contribution in [0.5, 0.6) is 0 Å². The zero-order valence-corrected chi connectivity index (χ0v) is 18.8. The summed E-state index contributed by atoms with van der Waals surface area (Å²) >= 11 is 0. The summed E-state index contributed by atoms with van der Waals surface area (Å²) in [4.78, 5) is 30.9. The molecule has 2 aliphatic heterocycles. The number of H-pyrrole nitrogens is 1. The zero-order chi connectivity index (χ0) is 23.2. The number of aromatic nitrogens is 1. The van der Waals surface area contributed by atoms with E-state index < -0.39 is 28.0 Å². The number of aromatic amines is 1. The van der Waals surface area contributed by atoms with Gasteiger partial charge in [-0.15, -0.1) is 4.40 Å². The molecule has 3 heterocycles. The minimum absolute atomic E-state index is 0.183. The molecule has 0 aliphatic carbocycles. The largest absolute Gasteiger partial charge is 0.454 e. The number of hydrogen-bond acceptors (Lipinski definition) is 6. The lowest BCUT2D eigenvalue weighted by Crippen LogP contribution is -2.43. The molecule has 1 saturated heterocycles. The van der Waals surface area contributed by atoms with Gasteiger partial charge in [0.05, 0.1) is 5.92 Å². The van der Waals surface area contributed by atoms with Gasteiger partial charge < -0.3 is 14.6 Å². The van der Waals surface area contributed by atoms with Crippen LogP contribution in [0.3, 0.4) is 0 Å². The molecule has 3 aromatic rings. The molecule has 2 aromatic carbocycles. The number of nitrogens with zero attached hydrogens (tertiary/aromatic N) is 2. The van der Waals surface area contributed by atoms with Gasteiger partial charge in [-0.3, -0.25) is 9.59 Å². The number of esters is 1. The summed E-state index contributed by atoms with van der Waals surface area (Å²) in [7, 11) is -3.73. The molecule has 9 heteroatoms. The van der Waals surface area contributed by atoms with Crippen molar-refractivity contribution in [2.45, 2.75) is 30.8 Å². The Labute approximate surface area is 191 Å². The summed E-state index contributed by atoms with van der Waals surface area (Å²) in [6.07, 6.45) is 1.99. The SMILES string of the molecule is C[C@H](OC(=O)[C@@H]1CCCN(C2=NS(=O)(=O)c3ccccc32)C1)C(=O)c1c[nH]c2ccccc12. The first-order valence-electron chi connectivity index (χ1n) is 10.9. The van der Waals surface area contributed by atoms with Crippen molar-refractivity contribution in [2.75, 3.05) is 13.1 Å². The van der Waals surface area contributed by atoms with E-state index >= 15 is 0 Å². The second kappa shape index (κ2) is 8.15. The maximum absolute atomic E-state index is 12.9. The van der Waals surface area contributed by atoms with Gasteiger partial charge in [-0.1, -0.05) is 30.3 Å². The monoisotopic (exact) mass is 465 g/mol. The Balaban J connectivity index is 1.29. The van der Waals surface area contributed by atoms with E-state index in [2.05, 4.69) is 9.38 Å². The van der Waals surface area contributed by atoms with Gasteiger partial charge in [0.15, 0.2) is 11.9 Å². The first kappa shape index (κ1) is 21.4. The van der Waals surface area contributed by atoms with E-state index in [0.29, 0.717) is 36.3 Å². The Kier molecular flexibility index (Phi) is 5.28. The normalized spacial score (nSPS) is 20.2. The second-order valence-corrected chi connectivity index (χ2v) is 9.94. The van der Waals surface area contributed by atoms with Crippen molar-refractivity contribution in [3.05, 3.63) is 65.9 Å². The van der Waals surface area contributed by atoms with Crippen molar-refractivity contribution in [1.82, 2.24) is 9.88 Å². The molecule has 0 radical (unpaired) electrons. The highest BCUT2D eigenvalue weighted by atomic mass is 32.2. The Bertz CT molecular complexity index is 1390. The average Bonchev–Trinajstić information content (AvgIpc) is 3.37. The van der Waals surface area contributed by atoms with E-state index in [9.17, 15) is 18.0 Å². The fourth-order valence-corrected chi connectivity index (χ4v) is 5.72. The fourth-order valence-electron chi connectivity index (χ4n) is 4.50. The maximum Gasteiger partial charge on any atom is 0.311 e. The number of amidine groups is 1. The number of carbonyl (C=O) groups excluding carboxylic acids is 2. The van der Waals surface area contributed by atoms with Crippen LogP contribution in [0.4, 0.5) is 0 Å². The van der Waals surface area contributed by atoms with Crippen LogP contribution in [-0.4, -0.2) is 55.1 Å². The molecule has 0 saturated carbocycles. The molecule has 33 heavy (non-hydrogen) atoms. The van der Waals surface area contributed by atoms with Crippen LogP contribution < -0.4 is 0 Å². The molecular weight excluding hydrogens is 442 g/mol. The van der Waals surface area contributed by atoms with Gasteiger partial charge in [0.25, 0.3) is 10.0 Å². The molecule has 0 bridgehead atoms. The molecule has 5 rings (SSSR count). The number of sulfonamides is 1. The minimum atomic E-state index is -3.73. The van der Waals surface area contributed by atoms with Crippen LogP contribution in [0.25, 0.3) is 10.9 Å². The third-order valence-corrected chi connectivity index (χ3v) is 7.51. The molecule has 2 atom stereocenters. The number of benzene rings is 2. The second-order valence-electron chi connectivity index (χ2n) is 8.36. The number of piperidine rings is 1. The summed E-state index contributed by atoms with van der Waals surface area (Å²) in [5.41, 5.74) is 1.88. The van der Waals surface area contributed by atoms with E-state index in [1.807, 2.05) is 29.2 Å². The van der Waals surface area contributed by atoms with Crippen molar-refractivity contribution < 1.29 is 22.7 Å². The number of carbonyl (C=O) groups is 2. The first-order chi connectivity index (χ1) is 15.8. The molecule has 0 spiro atoms. The number of hydrogen-bond donors (Lipinski definition) is 1. The summed E-state index contributed by atoms with van der Waals surface area (Å²) in [5.74, 6) is -0.843. The topological polar surface area (TPSA) is 109 Å². The highest BCUT2D eigenvalue weighted by molar-refractivity contribution is 7.90. The number of ether oxygens (including phenoxy) is 1. The zero-order valence-electron chi connectivity index (χ0n) is 18.0. The lowest BCUT2D eigenvalue weighted by Gasteiger charge is -2.33. The number of rotatable bonds is 4. The van der Waals surface area contributed by atoms with Crippen LogP contribution in [0.1, 0.15) is 35.7 Å². The molecule has 1 aromatic heterocycles. The van der Waals surface area contributed by atoms with Gasteiger partial charge >= 0.3 is 5.97 Å². The third-order valence-electron chi connectivity index (χ3n) is 6.18. The predicted molar refractivity (Wildman–Crippen MR) is 123 cm³/mol. The summed E-state index contributed by atoms with van der Waals surface area (Å²) in [6, 6.07) is 14.1. The number of ketones is 1. The van der Waals surface area contributed by atoms with Crippen LogP contribution in [-0.2, 0) is 19.6 Å². The van der Waals surface area contributed by atoms with E-state index in [4.69, 9.17) is 4.74 Å². The number of nitrogens with one attached hydrogen (secondary N) is 1. The molecule has 1 fully saturated rings. The fraction of sp³-hybridized carbons (Fsp3) is 0.292. The Morgan fingerprint density at radius 1 is 1.15 bits per heavy atom. The smallest absolute Gasteiger partial charge is 0.311 e. The Morgan fingerprint density at radius 2 is 1.91 bits per heavy atom. The third kappa shape index (κ3) is 3.82.